The molecule has 0 saturated carbocycles. The predicted octanol–water partition coefficient (Wildman–Crippen LogP) is 3.50. The molecule has 0 bridgehead atoms. The molecule has 9 nitrogen and oxygen atoms in total. The lowest BCUT2D eigenvalue weighted by atomic mass is 10.1. The molecule has 0 aliphatic carbocycles. The van der Waals surface area contributed by atoms with Crippen LogP contribution in [-0.2, 0) is 21.2 Å². The van der Waals surface area contributed by atoms with E-state index in [1.165, 1.54) is 62.0 Å². The summed E-state index contributed by atoms with van der Waals surface area (Å²) in [6, 6.07) is 15.8. The Labute approximate surface area is 209 Å². The van der Waals surface area contributed by atoms with Crippen molar-refractivity contribution in [3.63, 3.8) is 0 Å². The number of nitrogens with zero attached hydrogens (tertiary/aromatic N) is 1. The van der Waals surface area contributed by atoms with Gasteiger partial charge in [0.05, 0.1) is 37.5 Å². The van der Waals surface area contributed by atoms with E-state index < -0.39 is 28.4 Å². The Morgan fingerprint density at radius 2 is 1.56 bits per heavy atom. The summed E-state index contributed by atoms with van der Waals surface area (Å²) in [6.07, 6.45) is 0.611. The van der Waals surface area contributed by atoms with Gasteiger partial charge in [-0.3, -0.25) is 9.10 Å². The topological polar surface area (TPSA) is 108 Å². The summed E-state index contributed by atoms with van der Waals surface area (Å²) in [5.74, 6) is -0.428. The van der Waals surface area contributed by atoms with Gasteiger partial charge in [0, 0.05) is 12.1 Å². The molecule has 0 unspecified atom stereocenters. The number of ether oxygens (including phenoxy) is 4. The first kappa shape index (κ1) is 25.1. The van der Waals surface area contributed by atoms with Gasteiger partial charge in [0.15, 0.2) is 18.1 Å². The quantitative estimate of drug-likeness (QED) is 0.317. The van der Waals surface area contributed by atoms with Crippen LogP contribution in [0.5, 0.6) is 17.2 Å². The molecule has 188 valence electrons. The number of Topliss-reactive ketones (excluding diaryl/α,β-unsaturated/α-hetero) is 1. The lowest BCUT2D eigenvalue weighted by molar-refractivity contribution is 0.0474. The lowest BCUT2D eigenvalue weighted by Gasteiger charge is -2.19. The number of hydrogen-bond acceptors (Lipinski definition) is 8. The summed E-state index contributed by atoms with van der Waals surface area (Å²) in [5.41, 5.74) is 1.78. The molecule has 0 radical (unpaired) electrons. The number of carbonyl (C=O) groups excluding carboxylic acids is 2. The van der Waals surface area contributed by atoms with Crippen molar-refractivity contribution >= 4 is 27.5 Å². The van der Waals surface area contributed by atoms with E-state index in [9.17, 15) is 18.0 Å². The highest BCUT2D eigenvalue weighted by Crippen LogP contribution is 2.38. The molecule has 36 heavy (non-hydrogen) atoms. The van der Waals surface area contributed by atoms with Crippen molar-refractivity contribution in [1.29, 1.82) is 0 Å². The maximum Gasteiger partial charge on any atom is 0.338 e. The Hall–Kier alpha value is -4.05. The van der Waals surface area contributed by atoms with Crippen LogP contribution in [-0.4, -0.2) is 54.7 Å². The highest BCUT2D eigenvalue weighted by molar-refractivity contribution is 7.92. The maximum absolute atomic E-state index is 13.3. The zero-order valence-corrected chi connectivity index (χ0v) is 20.8. The maximum atomic E-state index is 13.3. The second kappa shape index (κ2) is 10.3. The van der Waals surface area contributed by atoms with Gasteiger partial charge in [0.1, 0.15) is 0 Å². The van der Waals surface area contributed by atoms with Crippen LogP contribution in [0.15, 0.2) is 65.6 Å². The van der Waals surface area contributed by atoms with Crippen molar-refractivity contribution < 1.29 is 37.0 Å². The number of esters is 1. The predicted molar refractivity (Wildman–Crippen MR) is 132 cm³/mol. The van der Waals surface area contributed by atoms with Gasteiger partial charge in [-0.1, -0.05) is 24.3 Å². The molecule has 0 amide bonds. The molecular formula is C26H25NO8S. The largest absolute Gasteiger partial charge is 0.493 e. The number of methoxy groups -OCH3 is 3. The van der Waals surface area contributed by atoms with Gasteiger partial charge in [0.25, 0.3) is 10.0 Å². The van der Waals surface area contributed by atoms with Crippen LogP contribution < -0.4 is 18.5 Å². The molecule has 0 aromatic heterocycles. The third-order valence-corrected chi connectivity index (χ3v) is 7.63. The molecular weight excluding hydrogens is 486 g/mol. The van der Waals surface area contributed by atoms with Crippen LogP contribution in [0.3, 0.4) is 0 Å². The van der Waals surface area contributed by atoms with E-state index in [0.29, 0.717) is 24.4 Å². The van der Waals surface area contributed by atoms with E-state index in [0.717, 1.165) is 5.56 Å². The van der Waals surface area contributed by atoms with Crippen LogP contribution in [0.2, 0.25) is 0 Å². The van der Waals surface area contributed by atoms with Crippen molar-refractivity contribution in [2.24, 2.45) is 0 Å². The van der Waals surface area contributed by atoms with E-state index in [2.05, 4.69) is 0 Å². The van der Waals surface area contributed by atoms with Crippen molar-refractivity contribution in [2.45, 2.75) is 11.3 Å². The van der Waals surface area contributed by atoms with Crippen LogP contribution >= 0.6 is 0 Å². The van der Waals surface area contributed by atoms with Gasteiger partial charge in [-0.2, -0.15) is 0 Å². The van der Waals surface area contributed by atoms with E-state index in [-0.39, 0.29) is 27.5 Å². The highest BCUT2D eigenvalue weighted by Gasteiger charge is 2.31. The summed E-state index contributed by atoms with van der Waals surface area (Å²) >= 11 is 0. The average Bonchev–Trinajstić information content (AvgIpc) is 3.35. The molecule has 3 aromatic rings. The zero-order valence-electron chi connectivity index (χ0n) is 20.0. The van der Waals surface area contributed by atoms with Gasteiger partial charge >= 0.3 is 5.97 Å². The lowest BCUT2D eigenvalue weighted by Crippen LogP contribution is -2.29. The van der Waals surface area contributed by atoms with Crippen molar-refractivity contribution in [1.82, 2.24) is 0 Å². The molecule has 0 saturated heterocycles. The molecule has 10 heteroatoms. The van der Waals surface area contributed by atoms with Gasteiger partial charge in [-0.15, -0.1) is 0 Å². The minimum absolute atomic E-state index is 0.0150. The van der Waals surface area contributed by atoms with Gasteiger partial charge < -0.3 is 18.9 Å². The molecule has 1 aliphatic heterocycles. The molecule has 0 spiro atoms. The monoisotopic (exact) mass is 511 g/mol. The van der Waals surface area contributed by atoms with Crippen molar-refractivity contribution in [2.75, 3.05) is 38.8 Å². The minimum atomic E-state index is -3.89. The number of fused-ring (bicyclic) bond motifs is 1. The molecule has 1 aliphatic rings. The number of ketones is 1. The van der Waals surface area contributed by atoms with E-state index in [1.807, 2.05) is 12.1 Å². The normalized spacial score (nSPS) is 12.6. The summed E-state index contributed by atoms with van der Waals surface area (Å²) < 4.78 is 48.8. The third-order valence-electron chi connectivity index (χ3n) is 5.82. The molecule has 1 heterocycles. The number of hydrogen-bond donors (Lipinski definition) is 0. The summed E-state index contributed by atoms with van der Waals surface area (Å²) in [7, 11) is 0.407. The van der Waals surface area contributed by atoms with Crippen LogP contribution in [0, 0.1) is 0 Å². The number of rotatable bonds is 9. The highest BCUT2D eigenvalue weighted by atomic mass is 32.2. The Morgan fingerprint density at radius 1 is 0.861 bits per heavy atom. The van der Waals surface area contributed by atoms with E-state index >= 15 is 0 Å². The Kier molecular flexibility index (Phi) is 7.16. The number of anilines is 1. The van der Waals surface area contributed by atoms with Gasteiger partial charge in [0.2, 0.25) is 11.5 Å². The Bertz CT molecular complexity index is 1390. The fourth-order valence-corrected chi connectivity index (χ4v) is 5.56. The molecule has 0 N–H and O–H groups in total. The van der Waals surface area contributed by atoms with Gasteiger partial charge in [-0.05, 0) is 48.4 Å². The second-order valence-corrected chi connectivity index (χ2v) is 9.76. The Morgan fingerprint density at radius 3 is 2.22 bits per heavy atom. The number of benzene rings is 3. The first-order valence-corrected chi connectivity index (χ1v) is 12.4. The van der Waals surface area contributed by atoms with Crippen molar-refractivity contribution in [3.8, 4) is 17.2 Å². The molecule has 3 aromatic carbocycles. The number of carbonyl (C=O) groups is 2. The molecule has 0 fully saturated rings. The standard InChI is InChI=1S/C26H25NO8S/c1-32-23-14-19(15-24(33-2)25(23)34-3)22(28)16-35-26(29)18-8-6-9-20(13-18)36(30,31)27-12-11-17-7-4-5-10-21(17)27/h4-10,13-15H,11-12,16H2,1-3H3. The Balaban J connectivity index is 1.50. The summed E-state index contributed by atoms with van der Waals surface area (Å²) in [4.78, 5) is 25.3. The minimum Gasteiger partial charge on any atom is -0.493 e. The van der Waals surface area contributed by atoms with E-state index in [4.69, 9.17) is 18.9 Å². The summed E-state index contributed by atoms with van der Waals surface area (Å²) in [6.45, 7) is -0.242. The smallest absolute Gasteiger partial charge is 0.338 e. The van der Waals surface area contributed by atoms with Crippen LogP contribution in [0.25, 0.3) is 0 Å². The SMILES string of the molecule is COc1cc(C(=O)COC(=O)c2cccc(S(=O)(=O)N3CCc4ccccc43)c2)cc(OC)c1OC. The first-order chi connectivity index (χ1) is 17.3. The molecule has 0 atom stereocenters. The van der Waals surface area contributed by atoms with Crippen LogP contribution in [0.4, 0.5) is 5.69 Å². The number of para-hydroxylation sites is 1. The third kappa shape index (κ3) is 4.72. The van der Waals surface area contributed by atoms with Gasteiger partial charge in [-0.25, -0.2) is 13.2 Å². The average molecular weight is 512 g/mol. The summed E-state index contributed by atoms with van der Waals surface area (Å²) in [5, 5.41) is 0. The van der Waals surface area contributed by atoms with Crippen LogP contribution in [0.1, 0.15) is 26.3 Å². The molecule has 4 rings (SSSR count). The van der Waals surface area contributed by atoms with E-state index in [1.54, 1.807) is 12.1 Å². The fraction of sp³-hybridized carbons (Fsp3) is 0.231. The second-order valence-electron chi connectivity index (χ2n) is 7.90. The fourth-order valence-electron chi connectivity index (χ4n) is 4.01. The zero-order chi connectivity index (χ0) is 25.9. The number of sulfonamides is 1. The first-order valence-electron chi connectivity index (χ1n) is 11.0. The van der Waals surface area contributed by atoms with Crippen molar-refractivity contribution in [3.05, 3.63) is 77.4 Å².